The minimum atomic E-state index is 0.115. The first-order valence-electron chi connectivity index (χ1n) is 4.81. The number of hydrogen-bond donors (Lipinski definition) is 1. The van der Waals surface area contributed by atoms with E-state index in [0.29, 0.717) is 11.0 Å². The van der Waals surface area contributed by atoms with Crippen LogP contribution in [0.3, 0.4) is 0 Å². The summed E-state index contributed by atoms with van der Waals surface area (Å²) in [5.74, 6) is 0.709. The number of rotatable bonds is 3. The van der Waals surface area contributed by atoms with Crippen LogP contribution in [0, 0.1) is 6.92 Å². The highest BCUT2D eigenvalue weighted by atomic mass is 35.5. The molecule has 0 aliphatic carbocycles. The summed E-state index contributed by atoms with van der Waals surface area (Å²) in [4.78, 5) is 13.4. The van der Waals surface area contributed by atoms with Gasteiger partial charge < -0.3 is 5.32 Å². The smallest absolute Gasteiger partial charge is 0.134 e. The molecule has 2 aromatic heterocycles. The quantitative estimate of drug-likeness (QED) is 0.856. The number of hydrogen-bond acceptors (Lipinski definition) is 5. The molecule has 0 aliphatic heterocycles. The molecule has 2 heterocycles. The normalized spacial score (nSPS) is 12.4. The number of nitrogens with one attached hydrogen (secondary N) is 1. The summed E-state index contributed by atoms with van der Waals surface area (Å²) < 4.78 is 0. The van der Waals surface area contributed by atoms with Crippen molar-refractivity contribution < 1.29 is 0 Å². The number of halogens is 1. The van der Waals surface area contributed by atoms with Crippen molar-refractivity contribution >= 4 is 28.8 Å². The Morgan fingerprint density at radius 1 is 1.38 bits per heavy atom. The topological polar surface area (TPSA) is 50.7 Å². The van der Waals surface area contributed by atoms with Crippen molar-refractivity contribution in [3.8, 4) is 0 Å². The predicted molar refractivity (Wildman–Crippen MR) is 65.9 cm³/mol. The van der Waals surface area contributed by atoms with Crippen molar-refractivity contribution in [2.24, 2.45) is 0 Å². The summed E-state index contributed by atoms with van der Waals surface area (Å²) in [6, 6.07) is 1.81. The van der Waals surface area contributed by atoms with E-state index in [2.05, 4.69) is 20.3 Å². The molecule has 6 heteroatoms. The van der Waals surface area contributed by atoms with E-state index >= 15 is 0 Å². The van der Waals surface area contributed by atoms with Gasteiger partial charge in [0.05, 0.1) is 6.04 Å². The van der Waals surface area contributed by atoms with Gasteiger partial charge in [-0.25, -0.2) is 15.0 Å². The zero-order valence-corrected chi connectivity index (χ0v) is 10.5. The van der Waals surface area contributed by atoms with Gasteiger partial charge in [-0.3, -0.25) is 0 Å². The molecule has 0 saturated heterocycles. The lowest BCUT2D eigenvalue weighted by Crippen LogP contribution is -2.07. The van der Waals surface area contributed by atoms with E-state index in [0.717, 1.165) is 5.01 Å². The Bertz CT molecular complexity index is 485. The third-order valence-corrected chi connectivity index (χ3v) is 3.31. The van der Waals surface area contributed by atoms with Gasteiger partial charge in [0.2, 0.25) is 0 Å². The highest BCUT2D eigenvalue weighted by Gasteiger charge is 2.09. The zero-order chi connectivity index (χ0) is 11.5. The summed E-state index contributed by atoms with van der Waals surface area (Å²) in [7, 11) is 0. The van der Waals surface area contributed by atoms with Crippen LogP contribution in [0.25, 0.3) is 0 Å². The van der Waals surface area contributed by atoms with Crippen LogP contribution in [0.5, 0.6) is 0 Å². The van der Waals surface area contributed by atoms with Crippen LogP contribution in [0.1, 0.15) is 22.9 Å². The lowest BCUT2D eigenvalue weighted by atomic mass is 10.3. The van der Waals surface area contributed by atoms with Crippen LogP contribution in [0.15, 0.2) is 18.6 Å². The van der Waals surface area contributed by atoms with Crippen molar-refractivity contribution in [3.63, 3.8) is 0 Å². The van der Waals surface area contributed by atoms with Gasteiger partial charge >= 0.3 is 0 Å². The number of nitrogens with zero attached hydrogens (tertiary/aromatic N) is 3. The SMILES string of the molecule is Cc1cnc(C(C)Nc2cc(Cl)ncn2)s1. The Morgan fingerprint density at radius 3 is 2.81 bits per heavy atom. The maximum Gasteiger partial charge on any atom is 0.134 e. The van der Waals surface area contributed by atoms with Gasteiger partial charge in [-0.15, -0.1) is 11.3 Å². The summed E-state index contributed by atoms with van der Waals surface area (Å²) in [6.07, 6.45) is 3.30. The van der Waals surface area contributed by atoms with Gasteiger partial charge in [0, 0.05) is 17.1 Å². The maximum absolute atomic E-state index is 5.77. The minimum absolute atomic E-state index is 0.115. The van der Waals surface area contributed by atoms with Gasteiger partial charge in [-0.2, -0.15) is 0 Å². The third kappa shape index (κ3) is 2.68. The fraction of sp³-hybridized carbons (Fsp3) is 0.300. The van der Waals surface area contributed by atoms with E-state index < -0.39 is 0 Å². The van der Waals surface area contributed by atoms with Crippen molar-refractivity contribution in [1.82, 2.24) is 15.0 Å². The monoisotopic (exact) mass is 254 g/mol. The molecule has 0 spiro atoms. The molecule has 2 aromatic rings. The molecule has 0 radical (unpaired) electrons. The summed E-state index contributed by atoms with van der Waals surface area (Å²) >= 11 is 7.44. The van der Waals surface area contributed by atoms with Crippen LogP contribution in [0.2, 0.25) is 5.15 Å². The van der Waals surface area contributed by atoms with Crippen molar-refractivity contribution in [1.29, 1.82) is 0 Å². The van der Waals surface area contributed by atoms with Crippen LogP contribution in [-0.4, -0.2) is 15.0 Å². The maximum atomic E-state index is 5.77. The Balaban J connectivity index is 2.10. The van der Waals surface area contributed by atoms with Crippen LogP contribution in [0.4, 0.5) is 5.82 Å². The standard InChI is InChI=1S/C10H11ClN4S/c1-6-4-12-10(16-6)7(2)15-9-3-8(11)13-5-14-9/h3-5,7H,1-2H3,(H,13,14,15). The summed E-state index contributed by atoms with van der Waals surface area (Å²) in [5, 5.41) is 4.69. The van der Waals surface area contributed by atoms with Crippen LogP contribution >= 0.6 is 22.9 Å². The molecule has 16 heavy (non-hydrogen) atoms. The fourth-order valence-electron chi connectivity index (χ4n) is 1.27. The lowest BCUT2D eigenvalue weighted by Gasteiger charge is -2.11. The Morgan fingerprint density at radius 2 is 2.19 bits per heavy atom. The van der Waals surface area contributed by atoms with E-state index in [1.54, 1.807) is 17.4 Å². The predicted octanol–water partition coefficient (Wildman–Crippen LogP) is 3.07. The molecule has 0 bridgehead atoms. The van der Waals surface area contributed by atoms with Crippen LogP contribution < -0.4 is 5.32 Å². The zero-order valence-electron chi connectivity index (χ0n) is 8.94. The minimum Gasteiger partial charge on any atom is -0.361 e. The Labute approximate surface area is 103 Å². The van der Waals surface area contributed by atoms with E-state index in [1.165, 1.54) is 11.2 Å². The van der Waals surface area contributed by atoms with Gasteiger partial charge in [0.25, 0.3) is 0 Å². The molecule has 2 rings (SSSR count). The molecule has 0 aromatic carbocycles. The van der Waals surface area contributed by atoms with Gasteiger partial charge in [-0.05, 0) is 13.8 Å². The first-order chi connectivity index (χ1) is 7.65. The molecule has 0 fully saturated rings. The highest BCUT2D eigenvalue weighted by Crippen LogP contribution is 2.22. The summed E-state index contributed by atoms with van der Waals surface area (Å²) in [5.41, 5.74) is 0. The van der Waals surface area contributed by atoms with E-state index in [9.17, 15) is 0 Å². The number of thiazole rings is 1. The molecule has 0 amide bonds. The molecule has 0 aliphatic rings. The van der Waals surface area contributed by atoms with Crippen molar-refractivity contribution in [2.45, 2.75) is 19.9 Å². The molecule has 0 saturated carbocycles. The van der Waals surface area contributed by atoms with Gasteiger partial charge in [0.1, 0.15) is 22.3 Å². The number of aromatic nitrogens is 3. The molecule has 1 N–H and O–H groups in total. The average Bonchev–Trinajstić information content (AvgIpc) is 2.65. The largest absolute Gasteiger partial charge is 0.361 e. The molecule has 84 valence electrons. The first kappa shape index (κ1) is 11.3. The average molecular weight is 255 g/mol. The van der Waals surface area contributed by atoms with E-state index in [1.807, 2.05) is 20.0 Å². The van der Waals surface area contributed by atoms with E-state index in [4.69, 9.17) is 11.6 Å². The molecule has 1 unspecified atom stereocenters. The summed E-state index contributed by atoms with van der Waals surface area (Å²) in [6.45, 7) is 4.07. The van der Waals surface area contributed by atoms with E-state index in [-0.39, 0.29) is 6.04 Å². The molecule has 1 atom stereocenters. The van der Waals surface area contributed by atoms with Gasteiger partial charge in [-0.1, -0.05) is 11.6 Å². The van der Waals surface area contributed by atoms with Crippen molar-refractivity contribution in [2.75, 3.05) is 5.32 Å². The Hall–Kier alpha value is -1.20. The third-order valence-electron chi connectivity index (χ3n) is 2.01. The molecular weight excluding hydrogens is 244 g/mol. The van der Waals surface area contributed by atoms with Crippen LogP contribution in [-0.2, 0) is 0 Å². The first-order valence-corrected chi connectivity index (χ1v) is 6.01. The Kier molecular flexibility index (Phi) is 3.36. The second-order valence-electron chi connectivity index (χ2n) is 3.40. The second-order valence-corrected chi connectivity index (χ2v) is 5.05. The number of aryl methyl sites for hydroxylation is 1. The van der Waals surface area contributed by atoms with Gasteiger partial charge in [0.15, 0.2) is 0 Å². The highest BCUT2D eigenvalue weighted by molar-refractivity contribution is 7.11. The van der Waals surface area contributed by atoms with Crippen molar-refractivity contribution in [3.05, 3.63) is 33.6 Å². The molecule has 4 nitrogen and oxygen atoms in total. The lowest BCUT2D eigenvalue weighted by molar-refractivity contribution is 0.858. The second kappa shape index (κ2) is 4.76. The fourth-order valence-corrected chi connectivity index (χ4v) is 2.19. The molecular formula is C10H11ClN4S. The number of anilines is 1.